The zero-order valence-electron chi connectivity index (χ0n) is 13.4. The van der Waals surface area contributed by atoms with Crippen LogP contribution in [0.5, 0.6) is 0 Å². The topological polar surface area (TPSA) is 58.6 Å². The van der Waals surface area contributed by atoms with Crippen molar-refractivity contribution in [3.05, 3.63) is 27.2 Å². The third-order valence-electron chi connectivity index (χ3n) is 3.90. The summed E-state index contributed by atoms with van der Waals surface area (Å²) in [6, 6.07) is 1.68. The van der Waals surface area contributed by atoms with Gasteiger partial charge < -0.3 is 4.74 Å². The third-order valence-corrected chi connectivity index (χ3v) is 6.53. The van der Waals surface area contributed by atoms with Gasteiger partial charge in [-0.05, 0) is 44.0 Å². The fraction of sp³-hybridized carbons (Fsp3) is 0.600. The van der Waals surface area contributed by atoms with Gasteiger partial charge in [-0.15, -0.1) is 0 Å². The molecule has 1 aromatic carbocycles. The van der Waals surface area contributed by atoms with Gasteiger partial charge in [-0.25, -0.2) is 13.1 Å². The Bertz CT molecular complexity index is 633. The van der Waals surface area contributed by atoms with E-state index in [1.165, 1.54) is 0 Å². The van der Waals surface area contributed by atoms with Gasteiger partial charge in [-0.2, -0.15) is 0 Å². The molecule has 0 unspecified atom stereocenters. The van der Waals surface area contributed by atoms with Crippen LogP contribution in [0.25, 0.3) is 0 Å². The molecule has 0 spiro atoms. The van der Waals surface area contributed by atoms with Crippen molar-refractivity contribution in [3.8, 4) is 0 Å². The molecule has 8 heteroatoms. The predicted octanol–water partition coefficient (Wildman–Crippen LogP) is 2.61. The maximum Gasteiger partial charge on any atom is 0.242 e. The summed E-state index contributed by atoms with van der Waals surface area (Å²) < 4.78 is 33.0. The Morgan fingerprint density at radius 3 is 2.57 bits per heavy atom. The van der Waals surface area contributed by atoms with Gasteiger partial charge in [0, 0.05) is 24.7 Å². The molecule has 0 saturated carbocycles. The van der Waals surface area contributed by atoms with Crippen molar-refractivity contribution < 1.29 is 13.2 Å². The first-order valence-electron chi connectivity index (χ1n) is 7.58. The summed E-state index contributed by atoms with van der Waals surface area (Å²) in [6.07, 6.45) is 0.732. The van der Waals surface area contributed by atoms with E-state index in [2.05, 4.69) is 9.62 Å². The average molecular weight is 381 g/mol. The van der Waals surface area contributed by atoms with Crippen molar-refractivity contribution >= 4 is 33.2 Å². The molecule has 1 aliphatic heterocycles. The highest BCUT2D eigenvalue weighted by atomic mass is 35.5. The Morgan fingerprint density at radius 2 is 1.91 bits per heavy atom. The first-order chi connectivity index (χ1) is 10.8. The van der Waals surface area contributed by atoms with Gasteiger partial charge >= 0.3 is 0 Å². The van der Waals surface area contributed by atoms with E-state index in [4.69, 9.17) is 27.9 Å². The lowest BCUT2D eigenvalue weighted by atomic mass is 10.2. The Morgan fingerprint density at radius 1 is 1.26 bits per heavy atom. The number of nitrogens with one attached hydrogen (secondary N) is 1. The molecular formula is C15H22Cl2N2O3S. The Hall–Kier alpha value is -0.370. The van der Waals surface area contributed by atoms with E-state index in [1.54, 1.807) is 19.9 Å². The Labute approximate surface area is 148 Å². The number of ether oxygens (including phenoxy) is 1. The summed E-state index contributed by atoms with van der Waals surface area (Å²) in [5, 5.41) is 0.633. The molecule has 0 aliphatic carbocycles. The number of nitrogens with zero attached hydrogens (tertiary/aromatic N) is 1. The van der Waals surface area contributed by atoms with Crippen LogP contribution in [0.3, 0.4) is 0 Å². The van der Waals surface area contributed by atoms with Crippen LogP contribution in [0.2, 0.25) is 10.0 Å². The summed E-state index contributed by atoms with van der Waals surface area (Å²) in [4.78, 5) is 2.34. The molecule has 2 rings (SSSR count). The molecule has 0 aromatic heterocycles. The number of hydrogen-bond donors (Lipinski definition) is 1. The fourth-order valence-electron chi connectivity index (χ4n) is 2.54. The van der Waals surface area contributed by atoms with Crippen LogP contribution >= 0.6 is 23.2 Å². The monoisotopic (exact) mass is 380 g/mol. The summed E-state index contributed by atoms with van der Waals surface area (Å²) in [5.74, 6) is 0. The highest BCUT2D eigenvalue weighted by Gasteiger charge is 2.23. The van der Waals surface area contributed by atoms with E-state index >= 15 is 0 Å². The van der Waals surface area contributed by atoms with E-state index < -0.39 is 10.0 Å². The molecule has 1 aliphatic rings. The molecule has 0 bridgehead atoms. The Balaban J connectivity index is 1.99. The average Bonchev–Trinajstić information content (AvgIpc) is 2.51. The largest absolute Gasteiger partial charge is 0.379 e. The van der Waals surface area contributed by atoms with Crippen LogP contribution in [0.4, 0.5) is 0 Å². The first kappa shape index (κ1) is 19.0. The van der Waals surface area contributed by atoms with E-state index in [9.17, 15) is 8.42 Å². The quantitative estimate of drug-likeness (QED) is 0.770. The number of aryl methyl sites for hydroxylation is 1. The van der Waals surface area contributed by atoms with Crippen molar-refractivity contribution in [1.29, 1.82) is 0 Å². The third kappa shape index (κ3) is 4.81. The summed E-state index contributed by atoms with van der Waals surface area (Å²) >= 11 is 12.3. The maximum atomic E-state index is 12.5. The minimum atomic E-state index is -3.68. The number of morpholine rings is 1. The minimum absolute atomic E-state index is 0.0792. The second-order valence-corrected chi connectivity index (χ2v) is 8.14. The van der Waals surface area contributed by atoms with Crippen molar-refractivity contribution in [1.82, 2.24) is 9.62 Å². The van der Waals surface area contributed by atoms with Crippen molar-refractivity contribution in [2.45, 2.75) is 25.2 Å². The molecule has 1 aromatic rings. The zero-order chi connectivity index (χ0) is 17.0. The van der Waals surface area contributed by atoms with Crippen LogP contribution in [0.1, 0.15) is 17.5 Å². The molecule has 1 saturated heterocycles. The van der Waals surface area contributed by atoms with Crippen molar-refractivity contribution in [3.63, 3.8) is 0 Å². The molecule has 5 nitrogen and oxygen atoms in total. The molecular weight excluding hydrogens is 359 g/mol. The normalized spacial score (nSPS) is 16.7. The molecule has 1 fully saturated rings. The number of hydrogen-bond acceptors (Lipinski definition) is 4. The smallest absolute Gasteiger partial charge is 0.242 e. The lowest BCUT2D eigenvalue weighted by molar-refractivity contribution is 0.0376. The lowest BCUT2D eigenvalue weighted by Gasteiger charge is -2.26. The number of benzene rings is 1. The van der Waals surface area contributed by atoms with E-state index in [1.807, 2.05) is 0 Å². The maximum absolute atomic E-state index is 12.5. The van der Waals surface area contributed by atoms with Crippen LogP contribution < -0.4 is 4.72 Å². The molecule has 0 atom stereocenters. The highest BCUT2D eigenvalue weighted by molar-refractivity contribution is 7.89. The summed E-state index contributed by atoms with van der Waals surface area (Å²) in [7, 11) is -3.68. The van der Waals surface area contributed by atoms with E-state index in [0.29, 0.717) is 22.7 Å². The van der Waals surface area contributed by atoms with Gasteiger partial charge in [0.2, 0.25) is 10.0 Å². The van der Waals surface area contributed by atoms with Crippen LogP contribution in [0, 0.1) is 13.8 Å². The highest BCUT2D eigenvalue weighted by Crippen LogP contribution is 2.33. The van der Waals surface area contributed by atoms with E-state index in [-0.39, 0.29) is 9.92 Å². The molecule has 0 radical (unpaired) electrons. The van der Waals surface area contributed by atoms with Gasteiger partial charge in [-0.1, -0.05) is 23.2 Å². The number of rotatable bonds is 6. The summed E-state index contributed by atoms with van der Waals surface area (Å²) in [5.41, 5.74) is 1.12. The van der Waals surface area contributed by atoms with Gasteiger partial charge in [0.15, 0.2) is 0 Å². The fourth-order valence-corrected chi connectivity index (χ4v) is 4.82. The van der Waals surface area contributed by atoms with Gasteiger partial charge in [0.25, 0.3) is 0 Å². The molecule has 1 N–H and O–H groups in total. The number of sulfonamides is 1. The lowest BCUT2D eigenvalue weighted by Crippen LogP contribution is -2.38. The minimum Gasteiger partial charge on any atom is -0.379 e. The van der Waals surface area contributed by atoms with Gasteiger partial charge in [-0.3, -0.25) is 4.90 Å². The predicted molar refractivity (Wildman–Crippen MR) is 93.0 cm³/mol. The zero-order valence-corrected chi connectivity index (χ0v) is 15.7. The molecule has 130 valence electrons. The second kappa shape index (κ2) is 8.14. The second-order valence-electron chi connectivity index (χ2n) is 5.65. The molecule has 23 heavy (non-hydrogen) atoms. The number of halogens is 2. The van der Waals surface area contributed by atoms with Crippen LogP contribution in [0.15, 0.2) is 11.0 Å². The van der Waals surface area contributed by atoms with Crippen LogP contribution in [-0.4, -0.2) is 52.7 Å². The first-order valence-corrected chi connectivity index (χ1v) is 9.82. The van der Waals surface area contributed by atoms with Crippen molar-refractivity contribution in [2.75, 3.05) is 39.4 Å². The van der Waals surface area contributed by atoms with Gasteiger partial charge in [0.1, 0.15) is 4.90 Å². The van der Waals surface area contributed by atoms with E-state index in [0.717, 1.165) is 39.3 Å². The van der Waals surface area contributed by atoms with Crippen LogP contribution in [-0.2, 0) is 14.8 Å². The SMILES string of the molecule is Cc1cc(Cl)c(C)c(S(=O)(=O)NCCCN2CCOCC2)c1Cl. The molecule has 1 heterocycles. The Kier molecular flexibility index (Phi) is 6.71. The molecule has 0 amide bonds. The van der Waals surface area contributed by atoms with Crippen molar-refractivity contribution in [2.24, 2.45) is 0 Å². The summed E-state index contributed by atoms with van der Waals surface area (Å²) in [6.45, 7) is 7.87. The standard InChI is InChI=1S/C15H22Cl2N2O3S/c1-11-10-13(16)12(2)15(14(11)17)23(20,21)18-4-3-5-19-6-8-22-9-7-19/h10,18H,3-9H2,1-2H3. The van der Waals surface area contributed by atoms with Gasteiger partial charge in [0.05, 0.1) is 18.2 Å².